The van der Waals surface area contributed by atoms with E-state index in [1.54, 1.807) is 72.8 Å². The van der Waals surface area contributed by atoms with Gasteiger partial charge in [0.2, 0.25) is 5.91 Å². The fraction of sp³-hybridized carbons (Fsp3) is 0.115. The fourth-order valence-electron chi connectivity index (χ4n) is 3.04. The first-order valence-electron chi connectivity index (χ1n) is 10.5. The van der Waals surface area contributed by atoms with E-state index in [0.717, 1.165) is 4.90 Å². The van der Waals surface area contributed by atoms with E-state index in [4.69, 9.17) is 15.2 Å². The molecule has 0 aromatic heterocycles. The first-order chi connectivity index (χ1) is 16.9. The third-order valence-electron chi connectivity index (χ3n) is 4.76. The van der Waals surface area contributed by atoms with Gasteiger partial charge in [-0.3, -0.25) is 14.4 Å². The maximum Gasteiger partial charge on any atom is 0.272 e. The number of primary amides is 1. The molecular formula is C26H25N3O5S. The Kier molecular flexibility index (Phi) is 8.91. The molecule has 0 fully saturated rings. The van der Waals surface area contributed by atoms with Gasteiger partial charge in [0.25, 0.3) is 11.8 Å². The summed E-state index contributed by atoms with van der Waals surface area (Å²) in [6.07, 6.45) is 1.52. The SMILES string of the molecule is COc1ccc(OC)c(/C=C(\NC(=O)c2ccccc2)C(=O)Nc2ccc(SCC(N)=O)cc2)c1. The zero-order chi connectivity index (χ0) is 25.2. The van der Waals surface area contributed by atoms with Crippen molar-refractivity contribution in [1.29, 1.82) is 0 Å². The highest BCUT2D eigenvalue weighted by Gasteiger charge is 2.16. The summed E-state index contributed by atoms with van der Waals surface area (Å²) in [5.74, 6) is -0.156. The number of carbonyl (C=O) groups excluding carboxylic acids is 3. The fourth-order valence-corrected chi connectivity index (χ4v) is 3.67. The number of hydrogen-bond donors (Lipinski definition) is 3. The molecule has 8 nitrogen and oxygen atoms in total. The van der Waals surface area contributed by atoms with Crippen LogP contribution in [0.2, 0.25) is 0 Å². The van der Waals surface area contributed by atoms with Crippen molar-refractivity contribution in [2.75, 3.05) is 25.3 Å². The Labute approximate surface area is 207 Å². The van der Waals surface area contributed by atoms with E-state index in [-0.39, 0.29) is 11.4 Å². The van der Waals surface area contributed by atoms with Crippen LogP contribution in [-0.4, -0.2) is 37.7 Å². The van der Waals surface area contributed by atoms with Gasteiger partial charge in [-0.15, -0.1) is 11.8 Å². The quantitative estimate of drug-likeness (QED) is 0.294. The number of nitrogens with two attached hydrogens (primary N) is 1. The monoisotopic (exact) mass is 491 g/mol. The Morgan fingerprint density at radius 2 is 1.66 bits per heavy atom. The zero-order valence-electron chi connectivity index (χ0n) is 19.2. The number of anilines is 1. The second-order valence-electron chi connectivity index (χ2n) is 7.22. The van der Waals surface area contributed by atoms with Crippen LogP contribution in [0.1, 0.15) is 15.9 Å². The van der Waals surface area contributed by atoms with Crippen LogP contribution in [0.4, 0.5) is 5.69 Å². The first-order valence-corrected chi connectivity index (χ1v) is 11.5. The van der Waals surface area contributed by atoms with Crippen molar-refractivity contribution in [2.24, 2.45) is 5.73 Å². The van der Waals surface area contributed by atoms with Gasteiger partial charge in [-0.1, -0.05) is 18.2 Å². The van der Waals surface area contributed by atoms with Crippen molar-refractivity contribution >= 4 is 41.2 Å². The van der Waals surface area contributed by atoms with Crippen LogP contribution in [0.5, 0.6) is 11.5 Å². The minimum absolute atomic E-state index is 0.0117. The average molecular weight is 492 g/mol. The van der Waals surface area contributed by atoms with E-state index < -0.39 is 17.7 Å². The molecule has 0 saturated carbocycles. The summed E-state index contributed by atoms with van der Waals surface area (Å²) in [5.41, 5.74) is 6.65. The topological polar surface area (TPSA) is 120 Å². The number of nitrogens with one attached hydrogen (secondary N) is 2. The number of benzene rings is 3. The van der Waals surface area contributed by atoms with Gasteiger partial charge in [0.05, 0.1) is 20.0 Å². The smallest absolute Gasteiger partial charge is 0.272 e. The van der Waals surface area contributed by atoms with Crippen molar-refractivity contribution in [3.63, 3.8) is 0 Å². The highest BCUT2D eigenvalue weighted by Crippen LogP contribution is 2.26. The maximum absolute atomic E-state index is 13.2. The van der Waals surface area contributed by atoms with Gasteiger partial charge in [-0.2, -0.15) is 0 Å². The Morgan fingerprint density at radius 3 is 2.29 bits per heavy atom. The summed E-state index contributed by atoms with van der Waals surface area (Å²) in [7, 11) is 3.05. The van der Waals surface area contributed by atoms with Gasteiger partial charge < -0.3 is 25.8 Å². The van der Waals surface area contributed by atoms with E-state index in [9.17, 15) is 14.4 Å². The number of carbonyl (C=O) groups is 3. The minimum Gasteiger partial charge on any atom is -0.497 e. The number of ether oxygens (including phenoxy) is 2. The van der Waals surface area contributed by atoms with Crippen molar-refractivity contribution in [3.05, 3.63) is 89.6 Å². The van der Waals surface area contributed by atoms with Gasteiger partial charge in [0.15, 0.2) is 0 Å². The molecule has 35 heavy (non-hydrogen) atoms. The summed E-state index contributed by atoms with van der Waals surface area (Å²) in [5, 5.41) is 5.48. The van der Waals surface area contributed by atoms with Gasteiger partial charge >= 0.3 is 0 Å². The molecule has 3 rings (SSSR count). The van der Waals surface area contributed by atoms with Crippen LogP contribution in [-0.2, 0) is 9.59 Å². The van der Waals surface area contributed by atoms with Crippen LogP contribution in [0, 0.1) is 0 Å². The molecule has 0 bridgehead atoms. The molecule has 9 heteroatoms. The summed E-state index contributed by atoms with van der Waals surface area (Å²) in [6, 6.07) is 20.6. The third kappa shape index (κ3) is 7.38. The largest absolute Gasteiger partial charge is 0.497 e. The van der Waals surface area contributed by atoms with E-state index in [2.05, 4.69) is 10.6 Å². The number of hydrogen-bond acceptors (Lipinski definition) is 6. The van der Waals surface area contributed by atoms with Gasteiger partial charge in [-0.25, -0.2) is 0 Å². The molecule has 3 aromatic carbocycles. The average Bonchev–Trinajstić information content (AvgIpc) is 2.88. The first kappa shape index (κ1) is 25.4. The third-order valence-corrected chi connectivity index (χ3v) is 5.79. The highest BCUT2D eigenvalue weighted by atomic mass is 32.2. The molecule has 180 valence electrons. The molecule has 4 N–H and O–H groups in total. The molecule has 0 heterocycles. The van der Waals surface area contributed by atoms with Gasteiger partial charge in [-0.05, 0) is 60.7 Å². The van der Waals surface area contributed by atoms with Crippen molar-refractivity contribution in [3.8, 4) is 11.5 Å². The number of thioether (sulfide) groups is 1. The molecular weight excluding hydrogens is 466 g/mol. The van der Waals surface area contributed by atoms with E-state index in [0.29, 0.717) is 28.3 Å². The maximum atomic E-state index is 13.2. The summed E-state index contributed by atoms with van der Waals surface area (Å²) >= 11 is 1.30. The molecule has 3 amide bonds. The van der Waals surface area contributed by atoms with Crippen LogP contribution >= 0.6 is 11.8 Å². The summed E-state index contributed by atoms with van der Waals surface area (Å²) in [4.78, 5) is 37.8. The standard InChI is InChI=1S/C26H25N3O5S/c1-33-20-10-13-23(34-2)18(14-20)15-22(29-25(31)17-6-4-3-5-7-17)26(32)28-19-8-11-21(12-9-19)35-16-24(27)30/h3-15H,16H2,1-2H3,(H2,27,30)(H,28,32)(H,29,31)/b22-15-. The predicted molar refractivity (Wildman–Crippen MR) is 136 cm³/mol. The lowest BCUT2D eigenvalue weighted by molar-refractivity contribution is -0.115. The van der Waals surface area contributed by atoms with E-state index in [1.165, 1.54) is 32.1 Å². The molecule has 0 aliphatic carbocycles. The van der Waals surface area contributed by atoms with Crippen LogP contribution < -0.4 is 25.8 Å². The second-order valence-corrected chi connectivity index (χ2v) is 8.27. The van der Waals surface area contributed by atoms with Gasteiger partial charge in [0, 0.05) is 21.7 Å². The molecule has 0 aliphatic rings. The van der Waals surface area contributed by atoms with Crippen molar-refractivity contribution in [1.82, 2.24) is 5.32 Å². The predicted octanol–water partition coefficient (Wildman–Crippen LogP) is 3.69. The van der Waals surface area contributed by atoms with Crippen molar-refractivity contribution < 1.29 is 23.9 Å². The normalized spacial score (nSPS) is 10.9. The lowest BCUT2D eigenvalue weighted by atomic mass is 10.1. The molecule has 0 radical (unpaired) electrons. The van der Waals surface area contributed by atoms with Gasteiger partial charge in [0.1, 0.15) is 17.2 Å². The summed E-state index contributed by atoms with van der Waals surface area (Å²) < 4.78 is 10.7. The Balaban J connectivity index is 1.89. The molecule has 3 aromatic rings. The van der Waals surface area contributed by atoms with Crippen molar-refractivity contribution in [2.45, 2.75) is 4.90 Å². The lowest BCUT2D eigenvalue weighted by Crippen LogP contribution is -2.30. The second kappa shape index (κ2) is 12.3. The van der Waals surface area contributed by atoms with E-state index >= 15 is 0 Å². The lowest BCUT2D eigenvalue weighted by Gasteiger charge is -2.13. The highest BCUT2D eigenvalue weighted by molar-refractivity contribution is 8.00. The minimum atomic E-state index is -0.531. The molecule has 0 unspecified atom stereocenters. The van der Waals surface area contributed by atoms with Crippen LogP contribution in [0.15, 0.2) is 83.4 Å². The molecule has 0 spiro atoms. The Hall–Kier alpha value is -4.24. The van der Waals surface area contributed by atoms with Crippen LogP contribution in [0.25, 0.3) is 6.08 Å². The number of amides is 3. The zero-order valence-corrected chi connectivity index (χ0v) is 20.1. The number of methoxy groups -OCH3 is 2. The Bertz CT molecular complexity index is 1230. The van der Waals surface area contributed by atoms with Crippen LogP contribution in [0.3, 0.4) is 0 Å². The number of rotatable bonds is 10. The summed E-state index contributed by atoms with van der Waals surface area (Å²) in [6.45, 7) is 0. The van der Waals surface area contributed by atoms with E-state index in [1.807, 2.05) is 0 Å². The molecule has 0 atom stereocenters. The Morgan fingerprint density at radius 1 is 0.943 bits per heavy atom. The molecule has 0 aliphatic heterocycles. The molecule has 0 saturated heterocycles.